The van der Waals surface area contributed by atoms with Crippen LogP contribution in [0.1, 0.15) is 45.6 Å². The average Bonchev–Trinajstić information content (AvgIpc) is 3.31. The Labute approximate surface area is 223 Å². The topological polar surface area (TPSA) is 69.4 Å². The van der Waals surface area contributed by atoms with Crippen molar-refractivity contribution >= 4 is 17.4 Å². The summed E-state index contributed by atoms with van der Waals surface area (Å²) < 4.78 is 8.59. The maximum absolute atomic E-state index is 13.5. The van der Waals surface area contributed by atoms with Crippen molar-refractivity contribution in [3.05, 3.63) is 69.6 Å². The van der Waals surface area contributed by atoms with Crippen LogP contribution in [0, 0.1) is 5.92 Å². The zero-order valence-electron chi connectivity index (χ0n) is 21.8. The molecule has 2 aromatic carbocycles. The van der Waals surface area contributed by atoms with E-state index in [0.29, 0.717) is 46.6 Å². The van der Waals surface area contributed by atoms with Gasteiger partial charge in [0.2, 0.25) is 0 Å². The molecule has 2 aliphatic heterocycles. The third-order valence-electron chi connectivity index (χ3n) is 7.43. The summed E-state index contributed by atoms with van der Waals surface area (Å²) in [5, 5.41) is 5.20. The van der Waals surface area contributed by atoms with E-state index in [4.69, 9.17) is 16.3 Å². The van der Waals surface area contributed by atoms with E-state index < -0.39 is 0 Å². The average molecular weight is 523 g/mol. The van der Waals surface area contributed by atoms with Crippen molar-refractivity contribution in [2.24, 2.45) is 5.92 Å². The van der Waals surface area contributed by atoms with Gasteiger partial charge in [0.1, 0.15) is 0 Å². The van der Waals surface area contributed by atoms with Gasteiger partial charge >= 0.3 is 5.69 Å². The van der Waals surface area contributed by atoms with Crippen LogP contribution in [0.2, 0.25) is 5.02 Å². The fraction of sp³-hybridized carbons (Fsp3) is 0.483. The smallest absolute Gasteiger partial charge is 0.351 e. The molecule has 3 heterocycles. The second kappa shape index (κ2) is 10.9. The highest BCUT2D eigenvalue weighted by Crippen LogP contribution is 2.31. The zero-order valence-corrected chi connectivity index (χ0v) is 22.5. The minimum Gasteiger partial charge on any atom is -0.378 e. The molecule has 8 heteroatoms. The van der Waals surface area contributed by atoms with E-state index in [-0.39, 0.29) is 23.9 Å². The molecular weight excluding hydrogens is 488 g/mol. The van der Waals surface area contributed by atoms with Crippen LogP contribution < -0.4 is 5.69 Å². The number of halogens is 1. The molecule has 7 nitrogen and oxygen atoms in total. The number of hydrogen-bond acceptors (Lipinski definition) is 5. The quantitative estimate of drug-likeness (QED) is 0.405. The fourth-order valence-electron chi connectivity index (χ4n) is 5.84. The Morgan fingerprint density at radius 3 is 2.43 bits per heavy atom. The van der Waals surface area contributed by atoms with E-state index in [1.165, 1.54) is 27.7 Å². The minimum atomic E-state index is -0.335. The molecule has 0 saturated carbocycles. The third-order valence-corrected chi connectivity index (χ3v) is 7.67. The number of morpholine rings is 1. The Balaban J connectivity index is 1.40. The predicted octanol–water partition coefficient (Wildman–Crippen LogP) is 4.76. The Hall–Kier alpha value is -2.74. The van der Waals surface area contributed by atoms with Crippen LogP contribution in [-0.4, -0.2) is 56.4 Å². The van der Waals surface area contributed by atoms with E-state index in [0.717, 1.165) is 19.6 Å². The third kappa shape index (κ3) is 5.59. The first-order valence-electron chi connectivity index (χ1n) is 13.2. The lowest BCUT2D eigenvalue weighted by atomic mass is 10.0. The highest BCUT2D eigenvalue weighted by atomic mass is 35.5. The van der Waals surface area contributed by atoms with Crippen LogP contribution in [0.15, 0.2) is 53.3 Å². The van der Waals surface area contributed by atoms with Gasteiger partial charge in [-0.25, -0.2) is 4.79 Å². The molecule has 5 rings (SSSR count). The van der Waals surface area contributed by atoms with E-state index in [9.17, 15) is 9.59 Å². The standard InChI is InChI=1S/C29H35ClN4O3/c1-19(2)13-27(35)16-32-28(22-5-4-6-23(30)15-22)31-34(29(32)36)24-9-7-21(8-10-24)14-20(3)33-25-11-12-26(33)18-37-17-25/h4-10,15,19-20,25-26H,11-14,16-18H2,1-3H3. The van der Waals surface area contributed by atoms with Gasteiger partial charge in [0.05, 0.1) is 25.4 Å². The van der Waals surface area contributed by atoms with Crippen molar-refractivity contribution in [3.8, 4) is 17.1 Å². The molecule has 2 bridgehead atoms. The van der Waals surface area contributed by atoms with Gasteiger partial charge in [-0.05, 0) is 61.9 Å². The molecule has 3 aromatic rings. The number of ether oxygens (including phenoxy) is 1. The van der Waals surface area contributed by atoms with Crippen molar-refractivity contribution in [2.45, 2.75) is 71.1 Å². The Kier molecular flexibility index (Phi) is 7.65. The number of aromatic nitrogens is 3. The second-order valence-electron chi connectivity index (χ2n) is 10.8. The van der Waals surface area contributed by atoms with E-state index in [1.807, 2.05) is 38.1 Å². The number of carbonyl (C=O) groups is 1. The van der Waals surface area contributed by atoms with Gasteiger partial charge in [0.25, 0.3) is 0 Å². The lowest BCUT2D eigenvalue weighted by molar-refractivity contribution is -0.120. The molecule has 2 saturated heterocycles. The summed E-state index contributed by atoms with van der Waals surface area (Å²) in [6, 6.07) is 16.7. The second-order valence-corrected chi connectivity index (χ2v) is 11.3. The lowest BCUT2D eigenvalue weighted by Crippen LogP contribution is -2.50. The molecular formula is C29H35ClN4O3. The Morgan fingerprint density at radius 2 is 1.78 bits per heavy atom. The molecule has 0 aliphatic carbocycles. The molecule has 2 fully saturated rings. The van der Waals surface area contributed by atoms with Crippen LogP contribution in [0.3, 0.4) is 0 Å². The molecule has 3 unspecified atom stereocenters. The first-order valence-corrected chi connectivity index (χ1v) is 13.6. The summed E-state index contributed by atoms with van der Waals surface area (Å²) in [5.41, 5.74) is 2.26. The maximum atomic E-state index is 13.5. The first-order chi connectivity index (χ1) is 17.8. The van der Waals surface area contributed by atoms with Gasteiger partial charge in [-0.1, -0.05) is 49.7 Å². The number of carbonyl (C=O) groups excluding carboxylic acids is 1. The first kappa shape index (κ1) is 25.9. The number of fused-ring (bicyclic) bond motifs is 2. The summed E-state index contributed by atoms with van der Waals surface area (Å²) in [6.07, 6.45) is 3.78. The number of Topliss-reactive ketones (excluding diaryl/α,β-unsaturated/α-hetero) is 1. The summed E-state index contributed by atoms with van der Waals surface area (Å²) >= 11 is 6.22. The molecule has 0 N–H and O–H groups in total. The van der Waals surface area contributed by atoms with Crippen LogP contribution >= 0.6 is 11.6 Å². The SMILES string of the molecule is CC(C)CC(=O)Cn1c(-c2cccc(Cl)c2)nn(-c2ccc(CC(C)N3C4CCC3COC4)cc2)c1=O. The predicted molar refractivity (Wildman–Crippen MR) is 145 cm³/mol. The van der Waals surface area contributed by atoms with E-state index >= 15 is 0 Å². The largest absolute Gasteiger partial charge is 0.378 e. The van der Waals surface area contributed by atoms with Gasteiger partial charge in [-0.2, -0.15) is 4.68 Å². The molecule has 1 aromatic heterocycles. The molecule has 2 aliphatic rings. The molecule has 3 atom stereocenters. The molecule has 196 valence electrons. The van der Waals surface area contributed by atoms with Gasteiger partial charge in [0.15, 0.2) is 11.6 Å². The van der Waals surface area contributed by atoms with Crippen molar-refractivity contribution in [2.75, 3.05) is 13.2 Å². The summed E-state index contributed by atoms with van der Waals surface area (Å²) in [5.74, 6) is 0.655. The molecule has 0 amide bonds. The van der Waals surface area contributed by atoms with Crippen molar-refractivity contribution in [1.29, 1.82) is 0 Å². The van der Waals surface area contributed by atoms with Gasteiger partial charge in [0, 0.05) is 35.1 Å². The lowest BCUT2D eigenvalue weighted by Gasteiger charge is -2.39. The molecule has 0 radical (unpaired) electrons. The van der Waals surface area contributed by atoms with Crippen molar-refractivity contribution < 1.29 is 9.53 Å². The van der Waals surface area contributed by atoms with Crippen LogP contribution in [0.4, 0.5) is 0 Å². The van der Waals surface area contributed by atoms with Crippen molar-refractivity contribution in [3.63, 3.8) is 0 Å². The zero-order chi connectivity index (χ0) is 26.1. The summed E-state index contributed by atoms with van der Waals surface area (Å²) in [4.78, 5) is 28.8. The van der Waals surface area contributed by atoms with Crippen LogP contribution in [0.25, 0.3) is 17.1 Å². The molecule has 37 heavy (non-hydrogen) atoms. The maximum Gasteiger partial charge on any atom is 0.351 e. The van der Waals surface area contributed by atoms with Gasteiger partial charge in [-0.3, -0.25) is 14.3 Å². The molecule has 0 spiro atoms. The van der Waals surface area contributed by atoms with Gasteiger partial charge < -0.3 is 4.74 Å². The highest BCUT2D eigenvalue weighted by Gasteiger charge is 2.39. The van der Waals surface area contributed by atoms with Crippen LogP contribution in [-0.2, 0) is 22.5 Å². The number of rotatable bonds is 9. The number of nitrogens with zero attached hydrogens (tertiary/aromatic N) is 4. The van der Waals surface area contributed by atoms with E-state index in [1.54, 1.807) is 12.1 Å². The van der Waals surface area contributed by atoms with Crippen molar-refractivity contribution in [1.82, 2.24) is 19.2 Å². The monoisotopic (exact) mass is 522 g/mol. The highest BCUT2D eigenvalue weighted by molar-refractivity contribution is 6.30. The minimum absolute atomic E-state index is 0.00124. The van der Waals surface area contributed by atoms with Crippen LogP contribution in [0.5, 0.6) is 0 Å². The van der Waals surface area contributed by atoms with E-state index in [2.05, 4.69) is 29.1 Å². The summed E-state index contributed by atoms with van der Waals surface area (Å²) in [6.45, 7) is 7.93. The number of hydrogen-bond donors (Lipinski definition) is 0. The number of ketones is 1. The normalized spacial score (nSPS) is 20.5. The van der Waals surface area contributed by atoms with Gasteiger partial charge in [-0.15, -0.1) is 5.10 Å². The fourth-order valence-corrected chi connectivity index (χ4v) is 6.03. The summed E-state index contributed by atoms with van der Waals surface area (Å²) in [7, 11) is 0. The number of benzene rings is 2. The Morgan fingerprint density at radius 1 is 1.08 bits per heavy atom. The Bertz CT molecular complexity index is 1300.